The molecule has 1 aromatic heterocycles. The molecular weight excluding hydrogens is 479 g/mol. The summed E-state index contributed by atoms with van der Waals surface area (Å²) in [5, 5.41) is 22.5. The summed E-state index contributed by atoms with van der Waals surface area (Å²) in [6.07, 6.45) is 1.35. The van der Waals surface area contributed by atoms with Crippen molar-refractivity contribution in [2.75, 3.05) is 18.7 Å². The minimum Gasteiger partial charge on any atom is -0.504 e. The number of nitrogens with zero attached hydrogens (tertiary/aromatic N) is 3. The zero-order valence-electron chi connectivity index (χ0n) is 14.4. The largest absolute Gasteiger partial charge is 0.504 e. The fourth-order valence-electron chi connectivity index (χ4n) is 2.79. The van der Waals surface area contributed by atoms with Gasteiger partial charge in [-0.05, 0) is 47.0 Å². The zero-order chi connectivity index (χ0) is 19.0. The Hall–Kier alpha value is -2.27. The molecule has 138 valence electrons. The standard InChI is InChI=1S/C18H15IN4O3S/c1-25-13-8-9(7-11(19)15(13)24)16-20-12-6-4-3-5-10(12)14-17(26-16)21-18(27-2)23-22-14/h3-8,16,20,24H,1-2H3/t16-/m1/s1. The van der Waals surface area contributed by atoms with Gasteiger partial charge in [-0.2, -0.15) is 4.98 Å². The Morgan fingerprint density at radius 3 is 2.85 bits per heavy atom. The zero-order valence-corrected chi connectivity index (χ0v) is 17.4. The second-order valence-corrected chi connectivity index (χ2v) is 7.63. The quantitative estimate of drug-likeness (QED) is 0.416. The number of fused-ring (bicyclic) bond motifs is 3. The highest BCUT2D eigenvalue weighted by Crippen LogP contribution is 2.41. The molecule has 7 nitrogen and oxygen atoms in total. The van der Waals surface area contributed by atoms with Crippen LogP contribution in [0, 0.1) is 3.57 Å². The highest BCUT2D eigenvalue weighted by atomic mass is 127. The second-order valence-electron chi connectivity index (χ2n) is 5.69. The number of aromatic hydroxyl groups is 1. The molecular formula is C18H15IN4O3S. The lowest BCUT2D eigenvalue weighted by molar-refractivity contribution is 0.224. The third-order valence-electron chi connectivity index (χ3n) is 4.09. The molecule has 3 aromatic rings. The van der Waals surface area contributed by atoms with Crippen molar-refractivity contribution in [1.29, 1.82) is 0 Å². The number of hydrogen-bond donors (Lipinski definition) is 2. The predicted octanol–water partition coefficient (Wildman–Crippen LogP) is 4.08. The van der Waals surface area contributed by atoms with Gasteiger partial charge in [0, 0.05) is 16.8 Å². The summed E-state index contributed by atoms with van der Waals surface area (Å²) in [5.41, 5.74) is 3.10. The van der Waals surface area contributed by atoms with Gasteiger partial charge >= 0.3 is 0 Å². The summed E-state index contributed by atoms with van der Waals surface area (Å²) in [4.78, 5) is 4.49. The first kappa shape index (κ1) is 18.1. The number of phenolic OH excluding ortho intramolecular Hbond substituents is 1. The lowest BCUT2D eigenvalue weighted by Gasteiger charge is -2.20. The third-order valence-corrected chi connectivity index (χ3v) is 5.45. The molecule has 2 heterocycles. The van der Waals surface area contributed by atoms with Gasteiger partial charge in [0.15, 0.2) is 23.4 Å². The van der Waals surface area contributed by atoms with E-state index in [-0.39, 0.29) is 5.75 Å². The summed E-state index contributed by atoms with van der Waals surface area (Å²) in [6, 6.07) is 11.4. The summed E-state index contributed by atoms with van der Waals surface area (Å²) in [6.45, 7) is 0. The molecule has 2 N–H and O–H groups in total. The summed E-state index contributed by atoms with van der Waals surface area (Å²) < 4.78 is 12.1. The van der Waals surface area contributed by atoms with Gasteiger partial charge in [-0.1, -0.05) is 30.0 Å². The van der Waals surface area contributed by atoms with Crippen molar-refractivity contribution in [3.05, 3.63) is 45.5 Å². The van der Waals surface area contributed by atoms with E-state index in [1.165, 1.54) is 18.9 Å². The molecule has 0 unspecified atom stereocenters. The Bertz CT molecular complexity index is 1020. The number of methoxy groups -OCH3 is 1. The number of nitrogens with one attached hydrogen (secondary N) is 1. The molecule has 0 radical (unpaired) electrons. The summed E-state index contributed by atoms with van der Waals surface area (Å²) >= 11 is 3.46. The molecule has 0 amide bonds. The normalized spacial score (nSPS) is 15.0. The molecule has 0 bridgehead atoms. The molecule has 2 aromatic carbocycles. The van der Waals surface area contributed by atoms with Gasteiger partial charge in [-0.25, -0.2) is 0 Å². The number of anilines is 1. The molecule has 1 aliphatic rings. The van der Waals surface area contributed by atoms with E-state index in [9.17, 15) is 5.11 Å². The van der Waals surface area contributed by atoms with Crippen LogP contribution in [0.2, 0.25) is 0 Å². The molecule has 0 aliphatic carbocycles. The van der Waals surface area contributed by atoms with Crippen molar-refractivity contribution < 1.29 is 14.6 Å². The number of ether oxygens (including phenoxy) is 2. The van der Waals surface area contributed by atoms with E-state index in [1.54, 1.807) is 6.07 Å². The van der Waals surface area contributed by atoms with Gasteiger partial charge in [-0.3, -0.25) is 0 Å². The molecule has 0 saturated carbocycles. The molecule has 1 atom stereocenters. The van der Waals surface area contributed by atoms with E-state index in [1.807, 2.05) is 36.6 Å². The van der Waals surface area contributed by atoms with Crippen molar-refractivity contribution in [1.82, 2.24) is 15.2 Å². The first-order valence-corrected chi connectivity index (χ1v) is 10.3. The minimum absolute atomic E-state index is 0.102. The maximum absolute atomic E-state index is 10.1. The Morgan fingerprint density at radius 1 is 1.26 bits per heavy atom. The van der Waals surface area contributed by atoms with Crippen LogP contribution in [-0.4, -0.2) is 33.7 Å². The topological polar surface area (TPSA) is 89.4 Å². The average molecular weight is 494 g/mol. The van der Waals surface area contributed by atoms with Crippen LogP contribution in [0.5, 0.6) is 17.4 Å². The lowest BCUT2D eigenvalue weighted by Crippen LogP contribution is -2.17. The minimum atomic E-state index is -0.540. The Balaban J connectivity index is 1.86. The van der Waals surface area contributed by atoms with Crippen LogP contribution in [0.3, 0.4) is 0 Å². The van der Waals surface area contributed by atoms with Crippen molar-refractivity contribution in [3.63, 3.8) is 0 Å². The highest BCUT2D eigenvalue weighted by Gasteiger charge is 2.27. The predicted molar refractivity (Wildman–Crippen MR) is 111 cm³/mol. The molecule has 27 heavy (non-hydrogen) atoms. The van der Waals surface area contributed by atoms with Crippen molar-refractivity contribution >= 4 is 40.0 Å². The molecule has 4 rings (SSSR count). The van der Waals surface area contributed by atoms with E-state index < -0.39 is 6.23 Å². The van der Waals surface area contributed by atoms with E-state index in [0.717, 1.165) is 16.8 Å². The van der Waals surface area contributed by atoms with Gasteiger partial charge in [0.25, 0.3) is 0 Å². The Kier molecular flexibility index (Phi) is 4.96. The van der Waals surface area contributed by atoms with Crippen LogP contribution in [0.15, 0.2) is 41.6 Å². The number of halogens is 1. The first-order chi connectivity index (χ1) is 13.1. The number of para-hydroxylation sites is 1. The SMILES string of the molecule is COc1cc([C@@H]2Nc3ccccc3-c3nnc(SC)nc3O2)cc(I)c1O. The molecule has 1 aliphatic heterocycles. The molecule has 9 heteroatoms. The van der Waals surface area contributed by atoms with Gasteiger partial charge in [0.1, 0.15) is 0 Å². The first-order valence-electron chi connectivity index (χ1n) is 7.98. The van der Waals surface area contributed by atoms with Crippen molar-refractivity contribution in [3.8, 4) is 28.6 Å². The van der Waals surface area contributed by atoms with Gasteiger partial charge in [-0.15, -0.1) is 10.2 Å². The smallest absolute Gasteiger partial charge is 0.247 e. The number of benzene rings is 2. The highest BCUT2D eigenvalue weighted by molar-refractivity contribution is 14.1. The lowest BCUT2D eigenvalue weighted by atomic mass is 10.1. The maximum atomic E-state index is 10.1. The van der Waals surface area contributed by atoms with Gasteiger partial charge in [0.05, 0.1) is 10.7 Å². The summed E-state index contributed by atoms with van der Waals surface area (Å²) in [5.74, 6) is 0.884. The number of hydrogen-bond acceptors (Lipinski definition) is 8. The van der Waals surface area contributed by atoms with E-state index >= 15 is 0 Å². The maximum Gasteiger partial charge on any atom is 0.247 e. The van der Waals surface area contributed by atoms with Crippen LogP contribution in [-0.2, 0) is 0 Å². The molecule has 0 spiro atoms. The second kappa shape index (κ2) is 7.39. The monoisotopic (exact) mass is 494 g/mol. The van der Waals surface area contributed by atoms with E-state index in [2.05, 4.69) is 43.1 Å². The van der Waals surface area contributed by atoms with E-state index in [0.29, 0.717) is 26.1 Å². The van der Waals surface area contributed by atoms with Gasteiger partial charge in [0.2, 0.25) is 11.0 Å². The molecule has 0 fully saturated rings. The van der Waals surface area contributed by atoms with Crippen LogP contribution in [0.4, 0.5) is 5.69 Å². The fourth-order valence-corrected chi connectivity index (χ4v) is 3.71. The van der Waals surface area contributed by atoms with Crippen LogP contribution < -0.4 is 14.8 Å². The number of rotatable bonds is 3. The number of thioether (sulfide) groups is 1. The average Bonchev–Trinajstić information content (AvgIpc) is 2.86. The van der Waals surface area contributed by atoms with E-state index in [4.69, 9.17) is 9.47 Å². The Labute approximate surface area is 173 Å². The third kappa shape index (κ3) is 3.36. The van der Waals surface area contributed by atoms with Crippen LogP contribution in [0.1, 0.15) is 11.8 Å². The van der Waals surface area contributed by atoms with Crippen molar-refractivity contribution in [2.24, 2.45) is 0 Å². The van der Waals surface area contributed by atoms with Crippen LogP contribution in [0.25, 0.3) is 11.3 Å². The molecule has 0 saturated heterocycles. The number of phenols is 1. The van der Waals surface area contributed by atoms with Crippen LogP contribution >= 0.6 is 34.4 Å². The van der Waals surface area contributed by atoms with Crippen molar-refractivity contribution in [2.45, 2.75) is 11.4 Å². The van der Waals surface area contributed by atoms with Gasteiger partial charge < -0.3 is 19.9 Å². The number of aromatic nitrogens is 3. The fraction of sp³-hybridized carbons (Fsp3) is 0.167. The Morgan fingerprint density at radius 2 is 2.07 bits per heavy atom. The summed E-state index contributed by atoms with van der Waals surface area (Å²) in [7, 11) is 1.52.